The third-order valence-corrected chi connectivity index (χ3v) is 7.67. The Morgan fingerprint density at radius 2 is 1.71 bits per heavy atom. The van der Waals surface area contributed by atoms with Crippen LogP contribution in [0.3, 0.4) is 0 Å². The number of benzene rings is 2. The Hall–Kier alpha value is -3.11. The van der Waals surface area contributed by atoms with Crippen molar-refractivity contribution in [2.45, 2.75) is 31.7 Å². The molecule has 1 saturated heterocycles. The van der Waals surface area contributed by atoms with Crippen LogP contribution in [0.1, 0.15) is 36.2 Å². The minimum atomic E-state index is -3.63. The molecular weight excluding hydrogens is 460 g/mol. The maximum atomic E-state index is 13.0. The predicted octanol–water partition coefficient (Wildman–Crippen LogP) is 2.56. The quantitative estimate of drug-likeness (QED) is 0.596. The lowest BCUT2D eigenvalue weighted by Crippen LogP contribution is -2.42. The standard InChI is InChI=1S/C24H28N2O7S/c1-16-9-17(2)13-26(12-16)34(29,30)20-6-4-19(5-7-20)24(28)31-14-23(27)25-11-18-3-8-21-22(10-18)33-15-32-21/h3-8,10,16-17H,9,11-15H2,1-2H3,(H,25,27). The molecular formula is C24H28N2O7S. The number of hydrogen-bond acceptors (Lipinski definition) is 7. The fraction of sp³-hybridized carbons (Fsp3) is 0.417. The third kappa shape index (κ3) is 5.51. The summed E-state index contributed by atoms with van der Waals surface area (Å²) in [6, 6.07) is 10.9. The number of amides is 1. The number of hydrogen-bond donors (Lipinski definition) is 1. The molecule has 2 aromatic rings. The summed E-state index contributed by atoms with van der Waals surface area (Å²) in [5.41, 5.74) is 0.987. The fourth-order valence-electron chi connectivity index (χ4n) is 4.23. The van der Waals surface area contributed by atoms with Crippen LogP contribution in [-0.4, -0.2) is 51.1 Å². The molecule has 0 saturated carbocycles. The van der Waals surface area contributed by atoms with Gasteiger partial charge in [0, 0.05) is 19.6 Å². The molecule has 0 radical (unpaired) electrons. The van der Waals surface area contributed by atoms with Gasteiger partial charge in [-0.25, -0.2) is 13.2 Å². The smallest absolute Gasteiger partial charge is 0.338 e. The van der Waals surface area contributed by atoms with Crippen LogP contribution >= 0.6 is 0 Å². The molecule has 1 amide bonds. The molecule has 4 rings (SSSR count). The molecule has 2 heterocycles. The van der Waals surface area contributed by atoms with Crippen LogP contribution in [0.15, 0.2) is 47.4 Å². The van der Waals surface area contributed by atoms with Crippen LogP contribution in [0.5, 0.6) is 11.5 Å². The summed E-state index contributed by atoms with van der Waals surface area (Å²) < 4.78 is 43.1. The van der Waals surface area contributed by atoms with E-state index in [2.05, 4.69) is 5.32 Å². The molecule has 1 fully saturated rings. The highest BCUT2D eigenvalue weighted by molar-refractivity contribution is 7.89. The third-order valence-electron chi connectivity index (χ3n) is 5.82. The van der Waals surface area contributed by atoms with Crippen molar-refractivity contribution in [1.82, 2.24) is 9.62 Å². The van der Waals surface area contributed by atoms with E-state index >= 15 is 0 Å². The Morgan fingerprint density at radius 3 is 2.41 bits per heavy atom. The van der Waals surface area contributed by atoms with E-state index in [1.807, 2.05) is 13.8 Å². The van der Waals surface area contributed by atoms with Gasteiger partial charge >= 0.3 is 5.97 Å². The van der Waals surface area contributed by atoms with E-state index in [0.717, 1.165) is 12.0 Å². The molecule has 9 nitrogen and oxygen atoms in total. The first-order valence-electron chi connectivity index (χ1n) is 11.1. The van der Waals surface area contributed by atoms with Gasteiger partial charge in [0.1, 0.15) is 0 Å². The van der Waals surface area contributed by atoms with Crippen molar-refractivity contribution < 1.29 is 32.2 Å². The molecule has 182 valence electrons. The molecule has 0 bridgehead atoms. The first-order valence-corrected chi connectivity index (χ1v) is 12.6. The molecule has 2 atom stereocenters. The second kappa shape index (κ2) is 10.0. The second-order valence-corrected chi connectivity index (χ2v) is 10.8. The molecule has 0 spiro atoms. The normalized spacial score (nSPS) is 20.1. The van der Waals surface area contributed by atoms with Gasteiger partial charge in [-0.15, -0.1) is 0 Å². The van der Waals surface area contributed by atoms with Crippen LogP contribution in [0.4, 0.5) is 0 Å². The number of piperidine rings is 1. The van der Waals surface area contributed by atoms with Gasteiger partial charge in [-0.3, -0.25) is 4.79 Å². The number of nitrogens with zero attached hydrogens (tertiary/aromatic N) is 1. The van der Waals surface area contributed by atoms with Crippen LogP contribution in [0, 0.1) is 11.8 Å². The number of ether oxygens (including phenoxy) is 3. The number of sulfonamides is 1. The zero-order valence-corrected chi connectivity index (χ0v) is 20.0. The molecule has 2 unspecified atom stereocenters. The van der Waals surface area contributed by atoms with Gasteiger partial charge in [-0.05, 0) is 60.2 Å². The second-order valence-electron chi connectivity index (χ2n) is 8.83. The van der Waals surface area contributed by atoms with E-state index in [-0.39, 0.29) is 23.8 Å². The fourth-order valence-corrected chi connectivity index (χ4v) is 5.91. The van der Waals surface area contributed by atoms with E-state index in [1.165, 1.54) is 28.6 Å². The van der Waals surface area contributed by atoms with E-state index in [4.69, 9.17) is 14.2 Å². The highest BCUT2D eigenvalue weighted by Gasteiger charge is 2.31. The number of nitrogens with one attached hydrogen (secondary N) is 1. The lowest BCUT2D eigenvalue weighted by atomic mass is 9.94. The maximum Gasteiger partial charge on any atom is 0.338 e. The number of carbonyl (C=O) groups excluding carboxylic acids is 2. The number of esters is 1. The van der Waals surface area contributed by atoms with E-state index < -0.39 is 28.5 Å². The van der Waals surface area contributed by atoms with Gasteiger partial charge in [0.15, 0.2) is 18.1 Å². The molecule has 34 heavy (non-hydrogen) atoms. The van der Waals surface area contributed by atoms with Crippen molar-refractivity contribution in [3.05, 3.63) is 53.6 Å². The molecule has 2 aliphatic heterocycles. The van der Waals surface area contributed by atoms with E-state index in [9.17, 15) is 18.0 Å². The van der Waals surface area contributed by atoms with Crippen molar-refractivity contribution in [3.63, 3.8) is 0 Å². The highest BCUT2D eigenvalue weighted by atomic mass is 32.2. The minimum absolute atomic E-state index is 0.131. The van der Waals surface area contributed by atoms with Crippen molar-refractivity contribution >= 4 is 21.9 Å². The van der Waals surface area contributed by atoms with Crippen LogP contribution < -0.4 is 14.8 Å². The number of fused-ring (bicyclic) bond motifs is 1. The van der Waals surface area contributed by atoms with Gasteiger partial charge in [0.05, 0.1) is 10.5 Å². The predicted molar refractivity (Wildman–Crippen MR) is 123 cm³/mol. The minimum Gasteiger partial charge on any atom is -0.454 e. The zero-order chi connectivity index (χ0) is 24.3. The average Bonchev–Trinajstić information content (AvgIpc) is 3.28. The monoisotopic (exact) mass is 488 g/mol. The van der Waals surface area contributed by atoms with Crippen LogP contribution in [0.2, 0.25) is 0 Å². The lowest BCUT2D eigenvalue weighted by Gasteiger charge is -2.34. The Morgan fingerprint density at radius 1 is 1.03 bits per heavy atom. The Balaban J connectivity index is 1.28. The number of rotatable bonds is 7. The summed E-state index contributed by atoms with van der Waals surface area (Å²) in [5.74, 6) is 0.699. The molecule has 2 aliphatic rings. The summed E-state index contributed by atoms with van der Waals surface area (Å²) in [4.78, 5) is 24.5. The largest absolute Gasteiger partial charge is 0.454 e. The Labute approximate surface area is 199 Å². The molecule has 1 N–H and O–H groups in total. The van der Waals surface area contributed by atoms with Crippen LogP contribution in [-0.2, 0) is 26.1 Å². The van der Waals surface area contributed by atoms with Crippen LogP contribution in [0.25, 0.3) is 0 Å². The van der Waals surface area contributed by atoms with Crippen molar-refractivity contribution in [2.75, 3.05) is 26.5 Å². The van der Waals surface area contributed by atoms with E-state index in [1.54, 1.807) is 18.2 Å². The highest BCUT2D eigenvalue weighted by Crippen LogP contribution is 2.32. The summed E-state index contributed by atoms with van der Waals surface area (Å²) in [6.07, 6.45) is 1.00. The molecule has 2 aromatic carbocycles. The van der Waals surface area contributed by atoms with Crippen molar-refractivity contribution in [3.8, 4) is 11.5 Å². The average molecular weight is 489 g/mol. The molecule has 0 aromatic heterocycles. The zero-order valence-electron chi connectivity index (χ0n) is 19.2. The van der Waals surface area contributed by atoms with Gasteiger partial charge < -0.3 is 19.5 Å². The van der Waals surface area contributed by atoms with Crippen molar-refractivity contribution in [2.24, 2.45) is 11.8 Å². The van der Waals surface area contributed by atoms with Crippen molar-refractivity contribution in [1.29, 1.82) is 0 Å². The summed E-state index contributed by atoms with van der Waals surface area (Å²) in [7, 11) is -3.63. The summed E-state index contributed by atoms with van der Waals surface area (Å²) in [5, 5.41) is 2.67. The Kier molecular flexibility index (Phi) is 7.08. The first-order chi connectivity index (χ1) is 16.2. The molecule has 0 aliphatic carbocycles. The summed E-state index contributed by atoms with van der Waals surface area (Å²) in [6.45, 7) is 5.02. The SMILES string of the molecule is CC1CC(C)CN(S(=O)(=O)c2ccc(C(=O)OCC(=O)NCc3ccc4c(c3)OCO4)cc2)C1. The molecule has 10 heteroatoms. The Bertz CT molecular complexity index is 1150. The van der Waals surface area contributed by atoms with E-state index in [0.29, 0.717) is 36.4 Å². The maximum absolute atomic E-state index is 13.0. The topological polar surface area (TPSA) is 111 Å². The van der Waals surface area contributed by atoms with Gasteiger partial charge in [0.25, 0.3) is 5.91 Å². The summed E-state index contributed by atoms with van der Waals surface area (Å²) >= 11 is 0. The van der Waals surface area contributed by atoms with Gasteiger partial charge in [-0.1, -0.05) is 19.9 Å². The lowest BCUT2D eigenvalue weighted by molar-refractivity contribution is -0.124. The first kappa shape index (κ1) is 24.0. The number of carbonyl (C=O) groups is 2. The van der Waals surface area contributed by atoms with Gasteiger partial charge in [-0.2, -0.15) is 4.31 Å². The van der Waals surface area contributed by atoms with Gasteiger partial charge in [0.2, 0.25) is 16.8 Å².